The summed E-state index contributed by atoms with van der Waals surface area (Å²) >= 11 is 5.81. The van der Waals surface area contributed by atoms with Gasteiger partial charge in [-0.25, -0.2) is 4.98 Å². The van der Waals surface area contributed by atoms with Crippen LogP contribution < -0.4 is 10.5 Å². The summed E-state index contributed by atoms with van der Waals surface area (Å²) in [6.07, 6.45) is 1.59. The number of anilines is 1. The molecule has 12 heavy (non-hydrogen) atoms. The summed E-state index contributed by atoms with van der Waals surface area (Å²) in [5, 5.41) is 0.448. The van der Waals surface area contributed by atoms with Crippen molar-refractivity contribution >= 4 is 17.3 Å². The van der Waals surface area contributed by atoms with Gasteiger partial charge in [0.05, 0.1) is 18.0 Å². The Kier molecular flexibility index (Phi) is 2.76. The zero-order valence-electron chi connectivity index (χ0n) is 7.04. The van der Waals surface area contributed by atoms with Crippen LogP contribution in [0.2, 0.25) is 5.02 Å². The van der Waals surface area contributed by atoms with Gasteiger partial charge in [-0.15, -0.1) is 0 Å². The first-order chi connectivity index (χ1) is 5.59. The summed E-state index contributed by atoms with van der Waals surface area (Å²) in [7, 11) is 0. The maximum Gasteiger partial charge on any atom is 0.232 e. The molecule has 0 aliphatic carbocycles. The first-order valence-electron chi connectivity index (χ1n) is 3.67. The van der Waals surface area contributed by atoms with Crippen molar-refractivity contribution in [2.24, 2.45) is 0 Å². The molecule has 0 aliphatic rings. The minimum atomic E-state index is 0.0682. The Bertz CT molecular complexity index is 276. The molecule has 66 valence electrons. The molecule has 2 N–H and O–H groups in total. The third kappa shape index (κ3) is 2.27. The Morgan fingerprint density at radius 3 is 2.75 bits per heavy atom. The number of rotatable bonds is 2. The fraction of sp³-hybridized carbons (Fsp3) is 0.375. The second kappa shape index (κ2) is 3.63. The largest absolute Gasteiger partial charge is 0.474 e. The zero-order chi connectivity index (χ0) is 9.14. The molecule has 0 amide bonds. The number of hydrogen-bond donors (Lipinski definition) is 1. The van der Waals surface area contributed by atoms with Crippen molar-refractivity contribution in [1.82, 2.24) is 4.98 Å². The molecule has 4 heteroatoms. The van der Waals surface area contributed by atoms with Crippen molar-refractivity contribution in [3.8, 4) is 5.88 Å². The van der Waals surface area contributed by atoms with E-state index in [1.165, 1.54) is 6.20 Å². The summed E-state index contributed by atoms with van der Waals surface area (Å²) in [6.45, 7) is 3.82. The van der Waals surface area contributed by atoms with E-state index in [4.69, 9.17) is 22.1 Å². The van der Waals surface area contributed by atoms with Gasteiger partial charge < -0.3 is 10.5 Å². The molecule has 1 aromatic rings. The van der Waals surface area contributed by atoms with E-state index in [1.54, 1.807) is 6.07 Å². The molecule has 0 saturated carbocycles. The molecule has 0 atom stereocenters. The number of halogens is 1. The number of nitrogens with two attached hydrogens (primary N) is 1. The van der Waals surface area contributed by atoms with Crippen molar-refractivity contribution in [2.45, 2.75) is 20.0 Å². The predicted molar refractivity (Wildman–Crippen MR) is 49.4 cm³/mol. The normalized spacial score (nSPS) is 10.3. The highest BCUT2D eigenvalue weighted by Gasteiger charge is 2.04. The molecule has 0 fully saturated rings. The second-order valence-electron chi connectivity index (χ2n) is 2.72. The Balaban J connectivity index is 2.86. The van der Waals surface area contributed by atoms with E-state index in [2.05, 4.69) is 4.98 Å². The van der Waals surface area contributed by atoms with Crippen LogP contribution in [-0.4, -0.2) is 11.1 Å². The molecule has 0 aliphatic heterocycles. The van der Waals surface area contributed by atoms with Gasteiger partial charge in [-0.05, 0) is 19.9 Å². The number of pyridine rings is 1. The minimum absolute atomic E-state index is 0.0682. The van der Waals surface area contributed by atoms with Crippen LogP contribution in [0.3, 0.4) is 0 Å². The molecule has 0 aromatic carbocycles. The Morgan fingerprint density at radius 1 is 1.58 bits per heavy atom. The molecule has 0 spiro atoms. The van der Waals surface area contributed by atoms with E-state index in [-0.39, 0.29) is 6.10 Å². The average Bonchev–Trinajstić information content (AvgIpc) is 1.94. The number of ether oxygens (including phenoxy) is 1. The van der Waals surface area contributed by atoms with E-state index >= 15 is 0 Å². The molecule has 0 bridgehead atoms. The highest BCUT2D eigenvalue weighted by atomic mass is 35.5. The monoisotopic (exact) mass is 186 g/mol. The molecule has 0 unspecified atom stereocenters. The van der Waals surface area contributed by atoms with Crippen LogP contribution >= 0.6 is 11.6 Å². The maximum absolute atomic E-state index is 5.81. The topological polar surface area (TPSA) is 48.1 Å². The van der Waals surface area contributed by atoms with Crippen LogP contribution in [-0.2, 0) is 0 Å². The smallest absolute Gasteiger partial charge is 0.232 e. The van der Waals surface area contributed by atoms with Crippen LogP contribution in [0.1, 0.15) is 13.8 Å². The summed E-state index contributed by atoms with van der Waals surface area (Å²) in [5.74, 6) is 0.431. The van der Waals surface area contributed by atoms with Gasteiger partial charge in [0.25, 0.3) is 0 Å². The van der Waals surface area contributed by atoms with Crippen molar-refractivity contribution in [3.05, 3.63) is 17.3 Å². The highest BCUT2D eigenvalue weighted by molar-refractivity contribution is 6.32. The van der Waals surface area contributed by atoms with Gasteiger partial charge >= 0.3 is 0 Å². The quantitative estimate of drug-likeness (QED) is 0.770. The zero-order valence-corrected chi connectivity index (χ0v) is 7.80. The van der Waals surface area contributed by atoms with Gasteiger partial charge in [0.2, 0.25) is 5.88 Å². The minimum Gasteiger partial charge on any atom is -0.474 e. The van der Waals surface area contributed by atoms with Crippen molar-refractivity contribution in [1.29, 1.82) is 0 Å². The predicted octanol–water partition coefficient (Wildman–Crippen LogP) is 2.10. The lowest BCUT2D eigenvalue weighted by Gasteiger charge is -2.09. The van der Waals surface area contributed by atoms with Crippen LogP contribution in [0.25, 0.3) is 0 Å². The molecule has 3 nitrogen and oxygen atoms in total. The van der Waals surface area contributed by atoms with Crippen molar-refractivity contribution in [2.75, 3.05) is 5.73 Å². The van der Waals surface area contributed by atoms with E-state index in [9.17, 15) is 0 Å². The third-order valence-corrected chi connectivity index (χ3v) is 1.45. The van der Waals surface area contributed by atoms with Gasteiger partial charge in [0.15, 0.2) is 0 Å². The van der Waals surface area contributed by atoms with E-state index in [0.29, 0.717) is 16.6 Å². The molecule has 0 saturated heterocycles. The first-order valence-corrected chi connectivity index (χ1v) is 4.05. The maximum atomic E-state index is 5.81. The summed E-state index contributed by atoms with van der Waals surface area (Å²) < 4.78 is 5.30. The number of hydrogen-bond acceptors (Lipinski definition) is 3. The Labute approximate surface area is 76.5 Å². The molecular weight excluding hydrogens is 176 g/mol. The van der Waals surface area contributed by atoms with E-state index < -0.39 is 0 Å². The summed E-state index contributed by atoms with van der Waals surface area (Å²) in [5.41, 5.74) is 5.99. The van der Waals surface area contributed by atoms with Crippen LogP contribution in [0.15, 0.2) is 12.3 Å². The van der Waals surface area contributed by atoms with Crippen LogP contribution in [0.5, 0.6) is 5.88 Å². The van der Waals surface area contributed by atoms with Gasteiger partial charge in [-0.1, -0.05) is 11.6 Å². The molecule has 1 aromatic heterocycles. The van der Waals surface area contributed by atoms with Crippen molar-refractivity contribution in [3.63, 3.8) is 0 Å². The average molecular weight is 187 g/mol. The molecular formula is C8H11ClN2O. The Morgan fingerprint density at radius 2 is 2.25 bits per heavy atom. The van der Waals surface area contributed by atoms with E-state index in [0.717, 1.165) is 0 Å². The van der Waals surface area contributed by atoms with Crippen LogP contribution in [0, 0.1) is 0 Å². The first kappa shape index (κ1) is 9.13. The SMILES string of the molecule is CC(C)Oc1ncc(N)cc1Cl. The second-order valence-corrected chi connectivity index (χ2v) is 3.13. The van der Waals surface area contributed by atoms with Gasteiger partial charge in [0, 0.05) is 0 Å². The highest BCUT2D eigenvalue weighted by Crippen LogP contribution is 2.23. The molecule has 1 heterocycles. The van der Waals surface area contributed by atoms with Gasteiger partial charge in [-0.3, -0.25) is 0 Å². The number of nitrogens with zero attached hydrogens (tertiary/aromatic N) is 1. The Hall–Kier alpha value is -0.960. The fourth-order valence-electron chi connectivity index (χ4n) is 0.750. The van der Waals surface area contributed by atoms with Gasteiger partial charge in [-0.2, -0.15) is 0 Å². The van der Waals surface area contributed by atoms with Crippen molar-refractivity contribution < 1.29 is 4.74 Å². The standard InChI is InChI=1S/C8H11ClN2O/c1-5(2)12-8-7(9)3-6(10)4-11-8/h3-5H,10H2,1-2H3. The summed E-state index contributed by atoms with van der Waals surface area (Å²) in [4.78, 5) is 3.94. The number of nitrogen functional groups attached to an aromatic ring is 1. The molecule has 1 rings (SSSR count). The van der Waals surface area contributed by atoms with E-state index in [1.807, 2.05) is 13.8 Å². The number of aromatic nitrogens is 1. The third-order valence-electron chi connectivity index (χ3n) is 1.18. The lowest BCUT2D eigenvalue weighted by molar-refractivity contribution is 0.233. The summed E-state index contributed by atoms with van der Waals surface area (Å²) in [6, 6.07) is 1.62. The lowest BCUT2D eigenvalue weighted by atomic mass is 10.4. The lowest BCUT2D eigenvalue weighted by Crippen LogP contribution is -2.07. The fourth-order valence-corrected chi connectivity index (χ4v) is 0.969. The van der Waals surface area contributed by atoms with Crippen LogP contribution in [0.4, 0.5) is 5.69 Å². The molecule has 0 radical (unpaired) electrons. The van der Waals surface area contributed by atoms with Gasteiger partial charge in [0.1, 0.15) is 5.02 Å².